The van der Waals surface area contributed by atoms with Gasteiger partial charge < -0.3 is 4.74 Å². The normalized spacial score (nSPS) is 10.7. The Morgan fingerprint density at radius 2 is 2.23 bits per heavy atom. The fraction of sp³-hybridized carbons (Fsp3) is 0.111. The molecule has 0 aliphatic rings. The van der Waals surface area contributed by atoms with Crippen molar-refractivity contribution in [2.45, 2.75) is 0 Å². The first-order chi connectivity index (χ1) is 6.24. The summed E-state index contributed by atoms with van der Waals surface area (Å²) in [4.78, 5) is 0. The van der Waals surface area contributed by atoms with Crippen LogP contribution in [0.25, 0.3) is 10.1 Å². The second-order valence-electron chi connectivity index (χ2n) is 2.54. The van der Waals surface area contributed by atoms with E-state index in [0.717, 1.165) is 9.86 Å². The summed E-state index contributed by atoms with van der Waals surface area (Å²) >= 11 is 4.72. The molecule has 0 N–H and O–H groups in total. The van der Waals surface area contributed by atoms with Crippen LogP contribution in [-0.2, 0) is 0 Å². The number of halogens is 2. The second-order valence-corrected chi connectivity index (χ2v) is 4.28. The number of benzene rings is 1. The third kappa shape index (κ3) is 1.34. The van der Waals surface area contributed by atoms with Crippen LogP contribution in [0.5, 0.6) is 5.75 Å². The minimum atomic E-state index is -0.282. The Balaban J connectivity index is 2.80. The summed E-state index contributed by atoms with van der Waals surface area (Å²) in [5.74, 6) is 0.0116. The maximum absolute atomic E-state index is 13.5. The molecule has 1 aromatic heterocycles. The maximum Gasteiger partial charge on any atom is 0.182 e. The molecule has 0 unspecified atom stereocenters. The van der Waals surface area contributed by atoms with Crippen molar-refractivity contribution in [3.05, 3.63) is 27.8 Å². The molecule has 4 heteroatoms. The summed E-state index contributed by atoms with van der Waals surface area (Å²) < 4.78 is 20.0. The predicted molar refractivity (Wildman–Crippen MR) is 56.0 cm³/mol. The molecule has 2 aromatic rings. The molecule has 0 saturated carbocycles. The van der Waals surface area contributed by atoms with E-state index in [1.165, 1.54) is 18.4 Å². The third-order valence-electron chi connectivity index (χ3n) is 1.82. The Bertz CT molecular complexity index is 452. The van der Waals surface area contributed by atoms with Gasteiger partial charge in [0.25, 0.3) is 0 Å². The highest BCUT2D eigenvalue weighted by atomic mass is 79.9. The van der Waals surface area contributed by atoms with E-state index in [9.17, 15) is 4.39 Å². The molecule has 0 saturated heterocycles. The van der Waals surface area contributed by atoms with Gasteiger partial charge in [-0.3, -0.25) is 0 Å². The summed E-state index contributed by atoms with van der Waals surface area (Å²) in [7, 11) is 1.47. The van der Waals surface area contributed by atoms with Gasteiger partial charge in [-0.05, 0) is 28.1 Å². The van der Waals surface area contributed by atoms with Crippen LogP contribution < -0.4 is 4.74 Å². The molecule has 0 atom stereocenters. The van der Waals surface area contributed by atoms with Crippen LogP contribution in [0.4, 0.5) is 4.39 Å². The lowest BCUT2D eigenvalue weighted by atomic mass is 10.2. The fourth-order valence-corrected chi connectivity index (χ4v) is 2.77. The molecule has 1 nitrogen and oxygen atoms in total. The predicted octanol–water partition coefficient (Wildman–Crippen LogP) is 3.81. The second kappa shape index (κ2) is 3.27. The molecular formula is C9H6BrFOS. The molecular weight excluding hydrogens is 255 g/mol. The van der Waals surface area contributed by atoms with Gasteiger partial charge in [-0.15, -0.1) is 11.3 Å². The average Bonchev–Trinajstić information content (AvgIpc) is 2.50. The maximum atomic E-state index is 13.5. The number of methoxy groups -OCH3 is 1. The monoisotopic (exact) mass is 260 g/mol. The van der Waals surface area contributed by atoms with Crippen LogP contribution in [0.1, 0.15) is 0 Å². The highest BCUT2D eigenvalue weighted by molar-refractivity contribution is 9.10. The van der Waals surface area contributed by atoms with Crippen LogP contribution in [0, 0.1) is 5.82 Å². The minimum absolute atomic E-state index is 0.282. The number of ether oxygens (including phenoxy) is 1. The van der Waals surface area contributed by atoms with Crippen molar-refractivity contribution in [1.29, 1.82) is 0 Å². The smallest absolute Gasteiger partial charge is 0.182 e. The lowest BCUT2D eigenvalue weighted by Crippen LogP contribution is -1.86. The minimum Gasteiger partial charge on any atom is -0.494 e. The van der Waals surface area contributed by atoms with Crippen molar-refractivity contribution >= 4 is 37.4 Å². The van der Waals surface area contributed by atoms with Gasteiger partial charge in [-0.25, -0.2) is 4.39 Å². The van der Waals surface area contributed by atoms with E-state index in [1.807, 2.05) is 11.4 Å². The Morgan fingerprint density at radius 3 is 2.92 bits per heavy atom. The molecule has 0 aliphatic heterocycles. The molecule has 13 heavy (non-hydrogen) atoms. The molecule has 0 bridgehead atoms. The molecule has 68 valence electrons. The number of hydrogen-bond donors (Lipinski definition) is 0. The van der Waals surface area contributed by atoms with E-state index in [0.29, 0.717) is 10.4 Å². The number of fused-ring (bicyclic) bond motifs is 1. The quantitative estimate of drug-likeness (QED) is 0.758. The van der Waals surface area contributed by atoms with Gasteiger partial charge >= 0.3 is 0 Å². The highest BCUT2D eigenvalue weighted by Crippen LogP contribution is 2.35. The van der Waals surface area contributed by atoms with E-state index < -0.39 is 0 Å². The number of rotatable bonds is 1. The first-order valence-corrected chi connectivity index (χ1v) is 5.30. The van der Waals surface area contributed by atoms with Gasteiger partial charge in [-0.2, -0.15) is 0 Å². The van der Waals surface area contributed by atoms with Gasteiger partial charge in [0.05, 0.1) is 11.8 Å². The van der Waals surface area contributed by atoms with Gasteiger partial charge in [0, 0.05) is 15.2 Å². The van der Waals surface area contributed by atoms with Crippen LogP contribution in [-0.4, -0.2) is 7.11 Å². The molecule has 0 aliphatic carbocycles. The van der Waals surface area contributed by atoms with Crippen LogP contribution in [0.2, 0.25) is 0 Å². The van der Waals surface area contributed by atoms with Crippen molar-refractivity contribution in [2.24, 2.45) is 0 Å². The summed E-state index contributed by atoms with van der Waals surface area (Å²) in [5, 5.41) is 2.76. The Hall–Kier alpha value is -0.610. The molecule has 0 fully saturated rings. The Morgan fingerprint density at radius 1 is 1.46 bits per heavy atom. The average molecular weight is 261 g/mol. The van der Waals surface area contributed by atoms with Crippen molar-refractivity contribution in [3.63, 3.8) is 0 Å². The largest absolute Gasteiger partial charge is 0.494 e. The first-order valence-electron chi connectivity index (χ1n) is 3.63. The van der Waals surface area contributed by atoms with E-state index in [2.05, 4.69) is 15.9 Å². The third-order valence-corrected chi connectivity index (χ3v) is 3.77. The highest BCUT2D eigenvalue weighted by Gasteiger charge is 2.10. The van der Waals surface area contributed by atoms with Crippen molar-refractivity contribution in [2.75, 3.05) is 7.11 Å². The van der Waals surface area contributed by atoms with Crippen molar-refractivity contribution in [1.82, 2.24) is 0 Å². The molecule has 0 spiro atoms. The van der Waals surface area contributed by atoms with Crippen LogP contribution in [0.15, 0.2) is 22.0 Å². The molecule has 2 rings (SSSR count). The molecule has 1 aromatic carbocycles. The zero-order valence-electron chi connectivity index (χ0n) is 6.80. The van der Waals surface area contributed by atoms with Crippen LogP contribution >= 0.6 is 27.3 Å². The van der Waals surface area contributed by atoms with Crippen molar-refractivity contribution < 1.29 is 9.13 Å². The summed E-state index contributed by atoms with van der Waals surface area (Å²) in [6, 6.07) is 3.48. The van der Waals surface area contributed by atoms with Crippen LogP contribution in [0.3, 0.4) is 0 Å². The lowest BCUT2D eigenvalue weighted by Gasteiger charge is -2.01. The van der Waals surface area contributed by atoms with Gasteiger partial charge in [0.1, 0.15) is 0 Å². The zero-order chi connectivity index (χ0) is 9.42. The van der Waals surface area contributed by atoms with Gasteiger partial charge in [-0.1, -0.05) is 0 Å². The lowest BCUT2D eigenvalue weighted by molar-refractivity contribution is 0.389. The van der Waals surface area contributed by atoms with E-state index >= 15 is 0 Å². The SMILES string of the molecule is COc1ccc2c(Br)csc2c1F. The van der Waals surface area contributed by atoms with E-state index in [4.69, 9.17) is 4.74 Å². The summed E-state index contributed by atoms with van der Waals surface area (Å²) in [5.41, 5.74) is 0. The first kappa shape index (κ1) is 8.97. The van der Waals surface area contributed by atoms with Gasteiger partial charge in [0.2, 0.25) is 0 Å². The summed E-state index contributed by atoms with van der Waals surface area (Å²) in [6.45, 7) is 0. The van der Waals surface area contributed by atoms with Crippen molar-refractivity contribution in [3.8, 4) is 5.75 Å². The topological polar surface area (TPSA) is 9.23 Å². The van der Waals surface area contributed by atoms with Gasteiger partial charge in [0.15, 0.2) is 11.6 Å². The fourth-order valence-electron chi connectivity index (χ4n) is 1.17. The molecule has 0 amide bonds. The molecule has 0 radical (unpaired) electrons. The Labute approximate surface area is 87.3 Å². The zero-order valence-corrected chi connectivity index (χ0v) is 9.21. The number of thiophene rings is 1. The standard InChI is InChI=1S/C9H6BrFOS/c1-12-7-3-2-5-6(10)4-13-9(5)8(7)11/h2-4H,1H3. The summed E-state index contributed by atoms with van der Waals surface area (Å²) in [6.07, 6.45) is 0. The van der Waals surface area contributed by atoms with E-state index in [1.54, 1.807) is 6.07 Å². The molecule has 1 heterocycles. The Kier molecular flexibility index (Phi) is 2.26. The van der Waals surface area contributed by atoms with E-state index in [-0.39, 0.29) is 5.82 Å². The number of hydrogen-bond acceptors (Lipinski definition) is 2.